The lowest BCUT2D eigenvalue weighted by molar-refractivity contribution is 0.178. The van der Waals surface area contributed by atoms with Crippen molar-refractivity contribution >= 4 is 10.0 Å². The third kappa shape index (κ3) is 3.99. The maximum absolute atomic E-state index is 12.5. The normalized spacial score (nSPS) is 17.4. The van der Waals surface area contributed by atoms with Gasteiger partial charge in [0, 0.05) is 46.0 Å². The fraction of sp³-hybridized carbons (Fsp3) is 0.438. The number of benzene rings is 1. The van der Waals surface area contributed by atoms with Crippen molar-refractivity contribution in [1.29, 1.82) is 0 Å². The minimum absolute atomic E-state index is 0.0789. The lowest BCUT2D eigenvalue weighted by atomic mass is 10.2. The van der Waals surface area contributed by atoms with E-state index in [9.17, 15) is 8.42 Å². The van der Waals surface area contributed by atoms with E-state index in [0.29, 0.717) is 13.1 Å². The van der Waals surface area contributed by atoms with Crippen LogP contribution in [0.25, 0.3) is 0 Å². The quantitative estimate of drug-likeness (QED) is 0.821. The van der Waals surface area contributed by atoms with Crippen molar-refractivity contribution in [1.82, 2.24) is 19.0 Å². The number of hydrogen-bond donors (Lipinski definition) is 0. The molecule has 1 aromatic heterocycles. The summed E-state index contributed by atoms with van der Waals surface area (Å²) in [5, 5.41) is 4.17. The highest BCUT2D eigenvalue weighted by Gasteiger charge is 2.27. The van der Waals surface area contributed by atoms with Crippen LogP contribution in [0.2, 0.25) is 0 Å². The smallest absolute Gasteiger partial charge is 0.218 e. The van der Waals surface area contributed by atoms with Crippen LogP contribution in [0.15, 0.2) is 42.6 Å². The zero-order valence-corrected chi connectivity index (χ0v) is 14.1. The number of aryl methyl sites for hydroxylation is 1. The fourth-order valence-corrected chi connectivity index (χ4v) is 4.34. The van der Waals surface area contributed by atoms with Crippen LogP contribution in [0.3, 0.4) is 0 Å². The molecule has 1 aromatic carbocycles. The van der Waals surface area contributed by atoms with Crippen LogP contribution in [-0.2, 0) is 29.4 Å². The number of hydrogen-bond acceptors (Lipinski definition) is 4. The van der Waals surface area contributed by atoms with Gasteiger partial charge in [-0.2, -0.15) is 9.40 Å². The maximum Gasteiger partial charge on any atom is 0.218 e. The summed E-state index contributed by atoms with van der Waals surface area (Å²) in [6, 6.07) is 11.4. The first-order valence-corrected chi connectivity index (χ1v) is 9.36. The molecule has 6 nitrogen and oxygen atoms in total. The Morgan fingerprint density at radius 2 is 1.74 bits per heavy atom. The monoisotopic (exact) mass is 334 g/mol. The Hall–Kier alpha value is -1.70. The van der Waals surface area contributed by atoms with E-state index in [4.69, 9.17) is 0 Å². The first kappa shape index (κ1) is 16.2. The minimum atomic E-state index is -3.24. The van der Waals surface area contributed by atoms with E-state index >= 15 is 0 Å². The Morgan fingerprint density at radius 1 is 1.04 bits per heavy atom. The van der Waals surface area contributed by atoms with Crippen molar-refractivity contribution in [3.63, 3.8) is 0 Å². The molecule has 7 heteroatoms. The summed E-state index contributed by atoms with van der Waals surface area (Å²) in [6.07, 6.45) is 1.79. The maximum atomic E-state index is 12.5. The number of sulfonamides is 1. The molecule has 2 aromatic rings. The molecule has 23 heavy (non-hydrogen) atoms. The zero-order valence-electron chi connectivity index (χ0n) is 13.3. The van der Waals surface area contributed by atoms with Gasteiger partial charge in [-0.25, -0.2) is 8.42 Å². The topological polar surface area (TPSA) is 58.4 Å². The molecule has 1 aliphatic heterocycles. The van der Waals surface area contributed by atoms with Gasteiger partial charge in [0.25, 0.3) is 0 Å². The molecular formula is C16H22N4O2S. The molecule has 124 valence electrons. The molecule has 1 fully saturated rings. The van der Waals surface area contributed by atoms with Crippen molar-refractivity contribution in [2.45, 2.75) is 12.3 Å². The largest absolute Gasteiger partial charge is 0.295 e. The second-order valence-electron chi connectivity index (χ2n) is 5.86. The number of nitrogens with zero attached hydrogens (tertiary/aromatic N) is 4. The van der Waals surface area contributed by atoms with E-state index in [0.717, 1.165) is 30.9 Å². The first-order chi connectivity index (χ1) is 11.0. The van der Waals surface area contributed by atoms with Crippen LogP contribution < -0.4 is 0 Å². The van der Waals surface area contributed by atoms with Crippen molar-refractivity contribution in [2.24, 2.45) is 7.05 Å². The Morgan fingerprint density at radius 3 is 2.35 bits per heavy atom. The minimum Gasteiger partial charge on any atom is -0.295 e. The summed E-state index contributed by atoms with van der Waals surface area (Å²) in [7, 11) is -1.31. The van der Waals surface area contributed by atoms with E-state index in [2.05, 4.69) is 10.00 Å². The Bertz CT molecular complexity index is 734. The number of aromatic nitrogens is 2. The Balaban J connectivity index is 1.57. The molecule has 2 heterocycles. The summed E-state index contributed by atoms with van der Waals surface area (Å²) in [6.45, 7) is 3.40. The molecule has 0 atom stereocenters. The van der Waals surface area contributed by atoms with E-state index in [-0.39, 0.29) is 5.75 Å². The fourth-order valence-electron chi connectivity index (χ4n) is 2.83. The Kier molecular flexibility index (Phi) is 4.79. The van der Waals surface area contributed by atoms with Crippen LogP contribution in [0.1, 0.15) is 11.3 Å². The molecule has 0 saturated carbocycles. The molecular weight excluding hydrogens is 312 g/mol. The van der Waals surface area contributed by atoms with Crippen LogP contribution in [-0.4, -0.2) is 53.6 Å². The van der Waals surface area contributed by atoms with E-state index in [1.165, 1.54) is 0 Å². The lowest BCUT2D eigenvalue weighted by Gasteiger charge is -2.33. The molecule has 0 unspecified atom stereocenters. The van der Waals surface area contributed by atoms with Crippen LogP contribution in [0, 0.1) is 0 Å². The predicted molar refractivity (Wildman–Crippen MR) is 89.1 cm³/mol. The average molecular weight is 334 g/mol. The second-order valence-corrected chi connectivity index (χ2v) is 7.83. The highest BCUT2D eigenvalue weighted by atomic mass is 32.2. The van der Waals surface area contributed by atoms with E-state index in [1.54, 1.807) is 10.5 Å². The third-order valence-electron chi connectivity index (χ3n) is 4.22. The van der Waals surface area contributed by atoms with E-state index < -0.39 is 10.0 Å². The van der Waals surface area contributed by atoms with Gasteiger partial charge < -0.3 is 0 Å². The van der Waals surface area contributed by atoms with Crippen molar-refractivity contribution in [3.8, 4) is 0 Å². The van der Waals surface area contributed by atoms with Gasteiger partial charge in [-0.05, 0) is 11.6 Å². The highest BCUT2D eigenvalue weighted by Crippen LogP contribution is 2.15. The van der Waals surface area contributed by atoms with Crippen LogP contribution in [0.4, 0.5) is 0 Å². The van der Waals surface area contributed by atoms with Gasteiger partial charge in [0.1, 0.15) is 0 Å². The van der Waals surface area contributed by atoms with Crippen LogP contribution in [0.5, 0.6) is 0 Å². The van der Waals surface area contributed by atoms with Crippen LogP contribution >= 0.6 is 0 Å². The molecule has 3 rings (SSSR count). The second kappa shape index (κ2) is 6.82. The SMILES string of the molecule is Cn1nccc1CN1CCN(S(=O)(=O)Cc2ccccc2)CC1. The van der Waals surface area contributed by atoms with E-state index in [1.807, 2.05) is 48.1 Å². The summed E-state index contributed by atoms with van der Waals surface area (Å²) in [5.41, 5.74) is 1.98. The van der Waals surface area contributed by atoms with Crippen molar-refractivity contribution in [2.75, 3.05) is 26.2 Å². The molecule has 1 aliphatic rings. The third-order valence-corrected chi connectivity index (χ3v) is 6.07. The van der Waals surface area contributed by atoms with Gasteiger partial charge in [0.15, 0.2) is 0 Å². The van der Waals surface area contributed by atoms with Gasteiger partial charge in [0.05, 0.1) is 11.4 Å². The number of piperazine rings is 1. The van der Waals surface area contributed by atoms with Crippen molar-refractivity contribution in [3.05, 3.63) is 53.9 Å². The standard InChI is InChI=1S/C16H22N4O2S/c1-18-16(7-8-17-18)13-19-9-11-20(12-10-19)23(21,22)14-15-5-3-2-4-6-15/h2-8H,9-14H2,1H3. The van der Waals surface area contributed by atoms with Gasteiger partial charge in [-0.1, -0.05) is 30.3 Å². The summed E-state index contributed by atoms with van der Waals surface area (Å²) in [5.74, 6) is 0.0789. The van der Waals surface area contributed by atoms with Crippen molar-refractivity contribution < 1.29 is 8.42 Å². The molecule has 0 aliphatic carbocycles. The molecule has 0 radical (unpaired) electrons. The zero-order chi connectivity index (χ0) is 16.3. The summed E-state index contributed by atoms with van der Waals surface area (Å²) >= 11 is 0. The van der Waals surface area contributed by atoms with Gasteiger partial charge in [0.2, 0.25) is 10.0 Å². The number of rotatable bonds is 5. The summed E-state index contributed by atoms with van der Waals surface area (Å²) in [4.78, 5) is 2.27. The van der Waals surface area contributed by atoms with Gasteiger partial charge in [-0.3, -0.25) is 9.58 Å². The first-order valence-electron chi connectivity index (χ1n) is 7.75. The molecule has 0 amide bonds. The molecule has 0 spiro atoms. The average Bonchev–Trinajstić information content (AvgIpc) is 2.93. The Labute approximate surface area is 137 Å². The molecule has 1 saturated heterocycles. The molecule has 0 N–H and O–H groups in total. The summed E-state index contributed by atoms with van der Waals surface area (Å²) < 4.78 is 28.5. The highest BCUT2D eigenvalue weighted by molar-refractivity contribution is 7.88. The van der Waals surface area contributed by atoms with Gasteiger partial charge in [-0.15, -0.1) is 0 Å². The predicted octanol–water partition coefficient (Wildman–Crippen LogP) is 1.07. The van der Waals surface area contributed by atoms with Gasteiger partial charge >= 0.3 is 0 Å². The molecule has 0 bridgehead atoms. The lowest BCUT2D eigenvalue weighted by Crippen LogP contribution is -2.48.